The van der Waals surface area contributed by atoms with E-state index in [-0.39, 0.29) is 0 Å². The summed E-state index contributed by atoms with van der Waals surface area (Å²) in [5.41, 5.74) is 2.35. The number of rotatable bonds is 7. The number of aryl methyl sites for hydroxylation is 1. The average Bonchev–Trinajstić information content (AvgIpc) is 2.28. The molecule has 0 aliphatic carbocycles. The van der Waals surface area contributed by atoms with Crippen LogP contribution in [0.15, 0.2) is 18.2 Å². The molecule has 0 saturated carbocycles. The Labute approximate surface area is 106 Å². The first-order chi connectivity index (χ1) is 8.11. The van der Waals surface area contributed by atoms with E-state index in [1.54, 1.807) is 6.07 Å². The first-order valence-corrected chi connectivity index (χ1v) is 6.88. The summed E-state index contributed by atoms with van der Waals surface area (Å²) in [6, 6.07) is 5.83. The molecular weight excluding hydrogens is 208 g/mol. The zero-order valence-corrected chi connectivity index (χ0v) is 11.5. The van der Waals surface area contributed by atoms with E-state index in [2.05, 4.69) is 19.9 Å². The highest BCUT2D eigenvalue weighted by atomic mass is 16.3. The van der Waals surface area contributed by atoms with E-state index in [9.17, 15) is 5.11 Å². The molecule has 0 bridgehead atoms. The minimum atomic E-state index is 0.433. The number of aromatic hydroxyl groups is 1. The number of unbranched alkanes of at least 4 members (excludes halogenated alkanes) is 3. The fourth-order valence-corrected chi connectivity index (χ4v) is 2.16. The van der Waals surface area contributed by atoms with Gasteiger partial charge in [0.25, 0.3) is 0 Å². The van der Waals surface area contributed by atoms with E-state index >= 15 is 0 Å². The molecular formula is C16H26O. The van der Waals surface area contributed by atoms with Crippen LogP contribution in [0.5, 0.6) is 5.75 Å². The van der Waals surface area contributed by atoms with Crippen molar-refractivity contribution in [2.45, 2.75) is 59.3 Å². The Hall–Kier alpha value is -0.980. The highest BCUT2D eigenvalue weighted by molar-refractivity contribution is 5.37. The van der Waals surface area contributed by atoms with Crippen molar-refractivity contribution in [1.29, 1.82) is 0 Å². The third-order valence-corrected chi connectivity index (χ3v) is 3.39. The molecule has 0 saturated heterocycles. The van der Waals surface area contributed by atoms with Gasteiger partial charge in [0.05, 0.1) is 0 Å². The van der Waals surface area contributed by atoms with E-state index in [1.807, 2.05) is 13.0 Å². The van der Waals surface area contributed by atoms with Gasteiger partial charge in [-0.3, -0.25) is 0 Å². The fraction of sp³-hybridized carbons (Fsp3) is 0.625. The van der Waals surface area contributed by atoms with Gasteiger partial charge in [-0.05, 0) is 42.9 Å². The van der Waals surface area contributed by atoms with Crippen LogP contribution in [0, 0.1) is 12.8 Å². The number of phenols is 1. The number of phenolic OH excluding ortho intramolecular Hbond substituents is 1. The molecule has 0 amide bonds. The average molecular weight is 234 g/mol. The lowest BCUT2D eigenvalue weighted by Crippen LogP contribution is -1.91. The molecule has 96 valence electrons. The SMILES string of the molecule is Cc1c(O)cccc1CCCCCCC(C)C. The second kappa shape index (κ2) is 7.37. The molecule has 1 aromatic carbocycles. The van der Waals surface area contributed by atoms with E-state index < -0.39 is 0 Å². The molecule has 0 aromatic heterocycles. The summed E-state index contributed by atoms with van der Waals surface area (Å²) < 4.78 is 0. The monoisotopic (exact) mass is 234 g/mol. The smallest absolute Gasteiger partial charge is 0.118 e. The molecule has 1 nitrogen and oxygen atoms in total. The van der Waals surface area contributed by atoms with Crippen LogP contribution in [-0.4, -0.2) is 5.11 Å². The van der Waals surface area contributed by atoms with Crippen LogP contribution in [0.25, 0.3) is 0 Å². The maximum atomic E-state index is 9.60. The van der Waals surface area contributed by atoms with Gasteiger partial charge in [-0.1, -0.05) is 51.7 Å². The number of benzene rings is 1. The summed E-state index contributed by atoms with van der Waals surface area (Å²) in [7, 11) is 0. The molecule has 17 heavy (non-hydrogen) atoms. The van der Waals surface area contributed by atoms with E-state index in [0.717, 1.165) is 17.9 Å². The van der Waals surface area contributed by atoms with E-state index in [0.29, 0.717) is 5.75 Å². The van der Waals surface area contributed by atoms with Crippen molar-refractivity contribution in [3.05, 3.63) is 29.3 Å². The van der Waals surface area contributed by atoms with Gasteiger partial charge in [-0.25, -0.2) is 0 Å². The molecule has 0 unspecified atom stereocenters. The third kappa shape index (κ3) is 5.25. The van der Waals surface area contributed by atoms with Gasteiger partial charge in [0.15, 0.2) is 0 Å². The van der Waals surface area contributed by atoms with Crippen molar-refractivity contribution in [2.75, 3.05) is 0 Å². The lowest BCUT2D eigenvalue weighted by Gasteiger charge is -2.08. The summed E-state index contributed by atoms with van der Waals surface area (Å²) in [6.07, 6.45) is 7.70. The van der Waals surface area contributed by atoms with Crippen molar-refractivity contribution in [3.8, 4) is 5.75 Å². The summed E-state index contributed by atoms with van der Waals surface area (Å²) >= 11 is 0. The first-order valence-electron chi connectivity index (χ1n) is 6.88. The molecule has 0 aliphatic rings. The first kappa shape index (κ1) is 14.1. The highest BCUT2D eigenvalue weighted by Gasteiger charge is 2.02. The van der Waals surface area contributed by atoms with Crippen molar-refractivity contribution in [1.82, 2.24) is 0 Å². The molecule has 0 atom stereocenters. The van der Waals surface area contributed by atoms with Crippen molar-refractivity contribution in [3.63, 3.8) is 0 Å². The lowest BCUT2D eigenvalue weighted by molar-refractivity contribution is 0.469. The Morgan fingerprint density at radius 2 is 1.76 bits per heavy atom. The van der Waals surface area contributed by atoms with Crippen LogP contribution in [0.4, 0.5) is 0 Å². The summed E-state index contributed by atoms with van der Waals surface area (Å²) in [4.78, 5) is 0. The standard InChI is InChI=1S/C16H26O/c1-13(2)9-6-4-5-7-10-15-11-8-12-16(17)14(15)3/h8,11-13,17H,4-7,9-10H2,1-3H3. The Kier molecular flexibility index (Phi) is 6.10. The van der Waals surface area contributed by atoms with Crippen LogP contribution in [0.3, 0.4) is 0 Å². The van der Waals surface area contributed by atoms with Gasteiger partial charge in [-0.2, -0.15) is 0 Å². The summed E-state index contributed by atoms with van der Waals surface area (Å²) in [5.74, 6) is 1.27. The molecule has 1 N–H and O–H groups in total. The normalized spacial score (nSPS) is 11.1. The van der Waals surface area contributed by atoms with Gasteiger partial charge in [0.2, 0.25) is 0 Å². The Balaban J connectivity index is 2.20. The second-order valence-corrected chi connectivity index (χ2v) is 5.41. The Morgan fingerprint density at radius 1 is 1.06 bits per heavy atom. The van der Waals surface area contributed by atoms with Crippen LogP contribution in [0.1, 0.15) is 57.1 Å². The molecule has 0 aliphatic heterocycles. The van der Waals surface area contributed by atoms with Gasteiger partial charge in [-0.15, -0.1) is 0 Å². The van der Waals surface area contributed by atoms with Crippen LogP contribution in [-0.2, 0) is 6.42 Å². The zero-order valence-electron chi connectivity index (χ0n) is 11.5. The molecule has 0 fully saturated rings. The van der Waals surface area contributed by atoms with Crippen molar-refractivity contribution in [2.24, 2.45) is 5.92 Å². The molecule has 1 heteroatoms. The minimum absolute atomic E-state index is 0.433. The van der Waals surface area contributed by atoms with Gasteiger partial charge in [0.1, 0.15) is 5.75 Å². The molecule has 1 rings (SSSR count). The number of hydrogen-bond donors (Lipinski definition) is 1. The van der Waals surface area contributed by atoms with Crippen LogP contribution >= 0.6 is 0 Å². The maximum absolute atomic E-state index is 9.60. The predicted octanol–water partition coefficient (Wildman–Crippen LogP) is 4.85. The quantitative estimate of drug-likeness (QED) is 0.669. The summed E-state index contributed by atoms with van der Waals surface area (Å²) in [6.45, 7) is 6.58. The highest BCUT2D eigenvalue weighted by Crippen LogP contribution is 2.21. The van der Waals surface area contributed by atoms with Crippen LogP contribution in [0.2, 0.25) is 0 Å². The van der Waals surface area contributed by atoms with E-state index in [1.165, 1.54) is 37.7 Å². The van der Waals surface area contributed by atoms with Crippen LogP contribution < -0.4 is 0 Å². The van der Waals surface area contributed by atoms with Crippen molar-refractivity contribution < 1.29 is 5.11 Å². The minimum Gasteiger partial charge on any atom is -0.508 e. The predicted molar refractivity (Wildman–Crippen MR) is 74.5 cm³/mol. The fourth-order valence-electron chi connectivity index (χ4n) is 2.16. The van der Waals surface area contributed by atoms with Gasteiger partial charge < -0.3 is 5.11 Å². The van der Waals surface area contributed by atoms with Gasteiger partial charge in [0, 0.05) is 0 Å². The topological polar surface area (TPSA) is 20.2 Å². The summed E-state index contributed by atoms with van der Waals surface area (Å²) in [5, 5.41) is 9.60. The number of hydrogen-bond acceptors (Lipinski definition) is 1. The van der Waals surface area contributed by atoms with Crippen molar-refractivity contribution >= 4 is 0 Å². The maximum Gasteiger partial charge on any atom is 0.118 e. The Bertz CT molecular complexity index is 328. The zero-order chi connectivity index (χ0) is 12.7. The Morgan fingerprint density at radius 3 is 2.47 bits per heavy atom. The second-order valence-electron chi connectivity index (χ2n) is 5.41. The third-order valence-electron chi connectivity index (χ3n) is 3.39. The lowest BCUT2D eigenvalue weighted by atomic mass is 9.99. The molecule has 0 spiro atoms. The molecule has 1 aromatic rings. The molecule has 0 heterocycles. The largest absolute Gasteiger partial charge is 0.508 e. The molecule has 0 radical (unpaired) electrons. The van der Waals surface area contributed by atoms with Gasteiger partial charge >= 0.3 is 0 Å². The van der Waals surface area contributed by atoms with E-state index in [4.69, 9.17) is 0 Å².